The number of rotatable bonds is 6. The lowest BCUT2D eigenvalue weighted by molar-refractivity contribution is 0.101. The molecule has 0 radical (unpaired) electrons. The average molecular weight is 482 g/mol. The van der Waals surface area contributed by atoms with E-state index in [0.717, 1.165) is 10.5 Å². The summed E-state index contributed by atoms with van der Waals surface area (Å²) >= 11 is 1.41. The predicted molar refractivity (Wildman–Crippen MR) is 131 cm³/mol. The first kappa shape index (κ1) is 22.9. The molecule has 0 amide bonds. The first-order chi connectivity index (χ1) is 15.6. The Morgan fingerprint density at radius 2 is 1.48 bits per heavy atom. The van der Waals surface area contributed by atoms with Crippen LogP contribution >= 0.6 is 11.8 Å². The van der Waals surface area contributed by atoms with E-state index in [-0.39, 0.29) is 16.4 Å². The molecular formula is C24H23N3O4S2. The molecule has 0 bridgehead atoms. The van der Waals surface area contributed by atoms with E-state index in [4.69, 9.17) is 0 Å². The number of nitrogens with one attached hydrogen (secondary N) is 1. The Bertz CT molecular complexity index is 1530. The Hall–Kier alpha value is -3.30. The van der Waals surface area contributed by atoms with Crippen molar-refractivity contribution in [2.75, 3.05) is 4.72 Å². The maximum absolute atomic E-state index is 13.1. The molecule has 1 heterocycles. The molecule has 9 heteroatoms. The molecular weight excluding hydrogens is 458 g/mol. The number of carbonyl (C=O) groups is 1. The summed E-state index contributed by atoms with van der Waals surface area (Å²) in [5.41, 5.74) is 3.03. The zero-order valence-electron chi connectivity index (χ0n) is 18.6. The van der Waals surface area contributed by atoms with E-state index in [2.05, 4.69) is 4.72 Å². The SMILES string of the molecule is CC(=O)c1ccc(S(=O)(=O)Nc2cc3c(cc2Sc2ccc(C)cc2)n(C)c(=O)n3C)cc1. The second-order valence-electron chi connectivity index (χ2n) is 7.84. The molecule has 0 saturated carbocycles. The fourth-order valence-corrected chi connectivity index (χ4v) is 5.55. The lowest BCUT2D eigenvalue weighted by Crippen LogP contribution is -2.19. The van der Waals surface area contributed by atoms with Gasteiger partial charge in [-0.15, -0.1) is 0 Å². The Kier molecular flexibility index (Phi) is 5.94. The number of aryl methyl sites for hydroxylation is 3. The highest BCUT2D eigenvalue weighted by Crippen LogP contribution is 2.37. The van der Waals surface area contributed by atoms with Crippen molar-refractivity contribution in [3.8, 4) is 0 Å². The molecule has 0 aliphatic rings. The monoisotopic (exact) mass is 481 g/mol. The minimum atomic E-state index is -3.93. The van der Waals surface area contributed by atoms with Gasteiger partial charge >= 0.3 is 5.69 Å². The number of benzene rings is 3. The summed E-state index contributed by atoms with van der Waals surface area (Å²) in [4.78, 5) is 25.6. The third-order valence-electron chi connectivity index (χ3n) is 5.44. The van der Waals surface area contributed by atoms with Gasteiger partial charge < -0.3 is 0 Å². The number of imidazole rings is 1. The van der Waals surface area contributed by atoms with Gasteiger partial charge in [-0.25, -0.2) is 13.2 Å². The number of ketones is 1. The standard InChI is InChI=1S/C24H23N3O4S2/c1-15-5-9-18(10-6-15)32-23-14-22-21(26(3)24(29)27(22)4)13-20(23)25-33(30,31)19-11-7-17(8-12-19)16(2)28/h5-14,25H,1-4H3. The normalized spacial score (nSPS) is 11.6. The Labute approximate surface area is 196 Å². The van der Waals surface area contributed by atoms with Crippen LogP contribution in [-0.4, -0.2) is 23.3 Å². The summed E-state index contributed by atoms with van der Waals surface area (Å²) in [5.74, 6) is -0.140. The van der Waals surface area contributed by atoms with E-state index in [1.807, 2.05) is 37.3 Å². The lowest BCUT2D eigenvalue weighted by Gasteiger charge is -2.14. The number of hydrogen-bond donors (Lipinski definition) is 1. The number of fused-ring (bicyclic) bond motifs is 1. The molecule has 4 aromatic rings. The summed E-state index contributed by atoms with van der Waals surface area (Å²) < 4.78 is 32.0. The van der Waals surface area contributed by atoms with E-state index < -0.39 is 10.0 Å². The molecule has 0 aliphatic carbocycles. The quantitative estimate of drug-likeness (QED) is 0.414. The summed E-state index contributed by atoms with van der Waals surface area (Å²) in [6.07, 6.45) is 0. The molecule has 1 N–H and O–H groups in total. The van der Waals surface area contributed by atoms with E-state index in [1.165, 1.54) is 52.1 Å². The van der Waals surface area contributed by atoms with Crippen LogP contribution in [0.4, 0.5) is 5.69 Å². The fraction of sp³-hybridized carbons (Fsp3) is 0.167. The molecule has 33 heavy (non-hydrogen) atoms. The van der Waals surface area contributed by atoms with Crippen LogP contribution in [0.3, 0.4) is 0 Å². The average Bonchev–Trinajstić information content (AvgIpc) is 2.99. The van der Waals surface area contributed by atoms with Crippen LogP contribution in [0.2, 0.25) is 0 Å². The summed E-state index contributed by atoms with van der Waals surface area (Å²) in [6, 6.07) is 17.2. The van der Waals surface area contributed by atoms with E-state index in [1.54, 1.807) is 20.2 Å². The van der Waals surface area contributed by atoms with Crippen LogP contribution in [0.25, 0.3) is 11.0 Å². The van der Waals surface area contributed by atoms with Crippen molar-refractivity contribution >= 4 is 44.3 Å². The van der Waals surface area contributed by atoms with Crippen LogP contribution in [-0.2, 0) is 24.1 Å². The third-order valence-corrected chi connectivity index (χ3v) is 7.88. The second-order valence-corrected chi connectivity index (χ2v) is 10.6. The van der Waals surface area contributed by atoms with Gasteiger partial charge in [-0.2, -0.15) is 0 Å². The van der Waals surface area contributed by atoms with Crippen LogP contribution < -0.4 is 10.4 Å². The van der Waals surface area contributed by atoms with Crippen LogP contribution in [0.15, 0.2) is 80.1 Å². The van der Waals surface area contributed by atoms with Gasteiger partial charge in [0.25, 0.3) is 10.0 Å². The van der Waals surface area contributed by atoms with Crippen molar-refractivity contribution in [3.05, 3.63) is 82.3 Å². The Balaban J connectivity index is 1.81. The largest absolute Gasteiger partial charge is 0.328 e. The molecule has 0 aliphatic heterocycles. The van der Waals surface area contributed by atoms with Gasteiger partial charge in [0, 0.05) is 29.4 Å². The third kappa shape index (κ3) is 4.46. The fourth-order valence-electron chi connectivity index (χ4n) is 3.50. The van der Waals surface area contributed by atoms with Crippen molar-refractivity contribution in [2.45, 2.75) is 28.5 Å². The zero-order chi connectivity index (χ0) is 23.9. The summed E-state index contributed by atoms with van der Waals surface area (Å²) in [5, 5.41) is 0. The Morgan fingerprint density at radius 3 is 2.06 bits per heavy atom. The summed E-state index contributed by atoms with van der Waals surface area (Å²) in [7, 11) is -0.596. The highest BCUT2D eigenvalue weighted by atomic mass is 32.2. The Morgan fingerprint density at radius 1 is 0.909 bits per heavy atom. The number of Topliss-reactive ketones (excluding diaryl/α,β-unsaturated/α-hetero) is 1. The minimum absolute atomic E-state index is 0.0424. The predicted octanol–water partition coefficient (Wildman–Crippen LogP) is 4.34. The first-order valence-electron chi connectivity index (χ1n) is 10.1. The maximum atomic E-state index is 13.1. The van der Waals surface area contributed by atoms with Crippen molar-refractivity contribution in [1.29, 1.82) is 0 Å². The van der Waals surface area contributed by atoms with Crippen molar-refractivity contribution in [1.82, 2.24) is 9.13 Å². The summed E-state index contributed by atoms with van der Waals surface area (Å²) in [6.45, 7) is 3.42. The number of sulfonamides is 1. The minimum Gasteiger partial charge on any atom is -0.295 e. The first-order valence-corrected chi connectivity index (χ1v) is 12.4. The van der Waals surface area contributed by atoms with Gasteiger partial charge in [0.2, 0.25) is 0 Å². The van der Waals surface area contributed by atoms with Gasteiger partial charge in [-0.05, 0) is 50.2 Å². The van der Waals surface area contributed by atoms with Gasteiger partial charge in [0.1, 0.15) is 0 Å². The van der Waals surface area contributed by atoms with Crippen molar-refractivity contribution in [2.24, 2.45) is 14.1 Å². The van der Waals surface area contributed by atoms with Gasteiger partial charge in [0.05, 0.1) is 21.6 Å². The second kappa shape index (κ2) is 8.57. The van der Waals surface area contributed by atoms with E-state index in [9.17, 15) is 18.0 Å². The highest BCUT2D eigenvalue weighted by molar-refractivity contribution is 7.99. The molecule has 1 aromatic heterocycles. The molecule has 4 rings (SSSR count). The number of hydrogen-bond acceptors (Lipinski definition) is 5. The number of anilines is 1. The van der Waals surface area contributed by atoms with Gasteiger partial charge in [0.15, 0.2) is 5.78 Å². The molecule has 0 saturated heterocycles. The molecule has 170 valence electrons. The smallest absolute Gasteiger partial charge is 0.295 e. The zero-order valence-corrected chi connectivity index (χ0v) is 20.3. The van der Waals surface area contributed by atoms with Crippen LogP contribution in [0.5, 0.6) is 0 Å². The molecule has 0 atom stereocenters. The molecule has 0 fully saturated rings. The highest BCUT2D eigenvalue weighted by Gasteiger charge is 2.20. The molecule has 3 aromatic carbocycles. The molecule has 0 unspecified atom stereocenters. The van der Waals surface area contributed by atoms with Gasteiger partial charge in [-0.1, -0.05) is 41.6 Å². The van der Waals surface area contributed by atoms with E-state index in [0.29, 0.717) is 27.2 Å². The number of aromatic nitrogens is 2. The molecule has 7 nitrogen and oxygen atoms in total. The molecule has 0 spiro atoms. The maximum Gasteiger partial charge on any atom is 0.328 e. The number of carbonyl (C=O) groups excluding carboxylic acids is 1. The van der Waals surface area contributed by atoms with Crippen molar-refractivity contribution < 1.29 is 13.2 Å². The van der Waals surface area contributed by atoms with E-state index >= 15 is 0 Å². The van der Waals surface area contributed by atoms with Crippen molar-refractivity contribution in [3.63, 3.8) is 0 Å². The number of nitrogens with zero attached hydrogens (tertiary/aromatic N) is 2. The van der Waals surface area contributed by atoms with Crippen LogP contribution in [0.1, 0.15) is 22.8 Å². The van der Waals surface area contributed by atoms with Crippen LogP contribution in [0, 0.1) is 6.92 Å². The lowest BCUT2D eigenvalue weighted by atomic mass is 10.2. The topological polar surface area (TPSA) is 90.2 Å². The van der Waals surface area contributed by atoms with Gasteiger partial charge in [-0.3, -0.25) is 18.7 Å².